The van der Waals surface area contributed by atoms with Crippen molar-refractivity contribution in [1.29, 1.82) is 5.26 Å². The highest BCUT2D eigenvalue weighted by molar-refractivity contribution is 5.61. The monoisotopic (exact) mass is 504 g/mol. The van der Waals surface area contributed by atoms with Crippen molar-refractivity contribution in [3.8, 4) is 23.3 Å². The van der Waals surface area contributed by atoms with Gasteiger partial charge in [0.05, 0.1) is 31.4 Å². The van der Waals surface area contributed by atoms with Crippen LogP contribution in [0.15, 0.2) is 60.7 Å². The average Bonchev–Trinajstić information content (AvgIpc) is 3.35. The molecule has 3 unspecified atom stereocenters. The van der Waals surface area contributed by atoms with Crippen LogP contribution in [-0.2, 0) is 16.0 Å². The van der Waals surface area contributed by atoms with E-state index in [9.17, 15) is 19.6 Å². The zero-order chi connectivity index (χ0) is 26.8. The number of halogens is 1. The van der Waals surface area contributed by atoms with Crippen molar-refractivity contribution in [2.45, 2.75) is 30.0 Å². The Morgan fingerprint density at radius 3 is 2.41 bits per heavy atom. The smallest absolute Gasteiger partial charge is 0.209 e. The van der Waals surface area contributed by atoms with Gasteiger partial charge in [0.1, 0.15) is 28.7 Å². The van der Waals surface area contributed by atoms with E-state index in [1.807, 2.05) is 6.07 Å². The van der Waals surface area contributed by atoms with E-state index in [-0.39, 0.29) is 11.7 Å². The van der Waals surface area contributed by atoms with Gasteiger partial charge in [-0.1, -0.05) is 24.3 Å². The molecule has 0 spiro atoms. The second-order valence-electron chi connectivity index (χ2n) is 9.31. The van der Waals surface area contributed by atoms with Crippen molar-refractivity contribution in [1.82, 2.24) is 4.90 Å². The van der Waals surface area contributed by atoms with Crippen molar-refractivity contribution < 1.29 is 28.5 Å². The first-order valence-electron chi connectivity index (χ1n) is 11.8. The summed E-state index contributed by atoms with van der Waals surface area (Å²) in [6, 6.07) is 19.0. The van der Waals surface area contributed by atoms with E-state index in [0.29, 0.717) is 46.8 Å². The normalized spacial score (nSPS) is 22.9. The molecule has 1 aliphatic heterocycles. The first kappa shape index (κ1) is 26.0. The maximum atomic E-state index is 14.2. The fourth-order valence-corrected chi connectivity index (χ4v) is 5.42. The minimum absolute atomic E-state index is 0.334. The van der Waals surface area contributed by atoms with Crippen LogP contribution in [0.2, 0.25) is 0 Å². The molecule has 1 saturated carbocycles. The van der Waals surface area contributed by atoms with E-state index in [2.05, 4.69) is 6.07 Å². The number of methoxy groups -OCH3 is 2. The van der Waals surface area contributed by atoms with Crippen LogP contribution in [0.4, 0.5) is 4.39 Å². The number of nitriles is 1. The Kier molecular flexibility index (Phi) is 7.10. The molecule has 1 amide bonds. The van der Waals surface area contributed by atoms with Crippen molar-refractivity contribution in [2.24, 2.45) is 0 Å². The highest BCUT2D eigenvalue weighted by Crippen LogP contribution is 2.68. The van der Waals surface area contributed by atoms with E-state index in [0.717, 1.165) is 12.0 Å². The molecular weight excluding hydrogens is 475 g/mol. The number of carbonyl (C=O) groups excluding carboxylic acids is 1. The summed E-state index contributed by atoms with van der Waals surface area (Å²) in [5.74, 6) is 0.801. The Labute approximate surface area is 215 Å². The number of carbonyl (C=O) groups is 1. The van der Waals surface area contributed by atoms with E-state index in [1.165, 1.54) is 17.0 Å². The molecule has 192 valence electrons. The van der Waals surface area contributed by atoms with E-state index in [1.54, 1.807) is 70.8 Å². The number of hydrogen-bond donors (Lipinski definition) is 1. The van der Waals surface area contributed by atoms with Crippen LogP contribution >= 0.6 is 0 Å². The molecule has 5 rings (SSSR count). The predicted molar refractivity (Wildman–Crippen MR) is 135 cm³/mol. The fraction of sp³-hybridized carbons (Fsp3) is 0.310. The SMILES string of the molecule is CN(C)C=O.COc1cc(OC)c2c(c1)OC1(c3ccc(C#N)cc3)C(c3cccc(F)c3)CCC21O. The van der Waals surface area contributed by atoms with Crippen LogP contribution in [-0.4, -0.2) is 44.7 Å². The zero-order valence-corrected chi connectivity index (χ0v) is 21.2. The highest BCUT2D eigenvalue weighted by Gasteiger charge is 2.69. The molecule has 37 heavy (non-hydrogen) atoms. The molecule has 0 radical (unpaired) electrons. The Hall–Kier alpha value is -4.09. The number of fused-ring (bicyclic) bond motifs is 3. The molecule has 0 saturated heterocycles. The maximum absolute atomic E-state index is 14.2. The van der Waals surface area contributed by atoms with Crippen molar-refractivity contribution in [3.05, 3.63) is 88.7 Å². The first-order chi connectivity index (χ1) is 17.7. The molecule has 0 aromatic heterocycles. The minimum Gasteiger partial charge on any atom is -0.496 e. The van der Waals surface area contributed by atoms with Crippen LogP contribution in [0, 0.1) is 17.1 Å². The Balaban J connectivity index is 0.000000586. The molecule has 1 heterocycles. The standard InChI is InChI=1S/C26H22FNO4.C3H7NO/c1-30-20-13-22(31-2)24-23(14-20)32-26(18-8-6-16(15-28)7-9-18)21(10-11-25(24,26)29)17-4-3-5-19(27)12-17;1-4(2)3-5/h3-9,12-14,21,29H,10-11H2,1-2H3;3H,1-2H3. The van der Waals surface area contributed by atoms with Gasteiger partial charge in [-0.05, 0) is 48.2 Å². The van der Waals surface area contributed by atoms with Crippen LogP contribution < -0.4 is 14.2 Å². The third-order valence-electron chi connectivity index (χ3n) is 6.98. The maximum Gasteiger partial charge on any atom is 0.209 e. The third kappa shape index (κ3) is 4.25. The molecule has 0 bridgehead atoms. The van der Waals surface area contributed by atoms with E-state index < -0.39 is 11.2 Å². The molecule has 3 aromatic rings. The van der Waals surface area contributed by atoms with Crippen molar-refractivity contribution >= 4 is 6.41 Å². The Morgan fingerprint density at radius 2 is 1.84 bits per heavy atom. The van der Waals surface area contributed by atoms with Gasteiger partial charge in [-0.25, -0.2) is 4.39 Å². The number of ether oxygens (including phenoxy) is 3. The molecule has 3 aromatic carbocycles. The summed E-state index contributed by atoms with van der Waals surface area (Å²) in [5, 5.41) is 21.5. The summed E-state index contributed by atoms with van der Waals surface area (Å²) in [4.78, 5) is 10.9. The summed E-state index contributed by atoms with van der Waals surface area (Å²) < 4.78 is 31.9. The lowest BCUT2D eigenvalue weighted by Gasteiger charge is -2.40. The molecule has 1 N–H and O–H groups in total. The molecule has 2 aliphatic rings. The number of rotatable bonds is 5. The molecule has 8 heteroatoms. The number of hydrogen-bond acceptors (Lipinski definition) is 6. The quantitative estimate of drug-likeness (QED) is 0.516. The number of benzene rings is 3. The van der Waals surface area contributed by atoms with Crippen LogP contribution in [0.3, 0.4) is 0 Å². The van der Waals surface area contributed by atoms with Gasteiger partial charge in [-0.2, -0.15) is 5.26 Å². The van der Waals surface area contributed by atoms with E-state index in [4.69, 9.17) is 14.2 Å². The van der Waals surface area contributed by atoms with Crippen LogP contribution in [0.25, 0.3) is 0 Å². The van der Waals surface area contributed by atoms with Gasteiger partial charge in [0.25, 0.3) is 0 Å². The lowest BCUT2D eigenvalue weighted by molar-refractivity contribution is -0.115. The second kappa shape index (κ2) is 10.1. The lowest BCUT2D eigenvalue weighted by Crippen LogP contribution is -2.48. The molecule has 1 aliphatic carbocycles. The van der Waals surface area contributed by atoms with Gasteiger partial charge in [0.2, 0.25) is 6.41 Å². The van der Waals surface area contributed by atoms with Gasteiger partial charge in [0, 0.05) is 32.1 Å². The van der Waals surface area contributed by atoms with Crippen LogP contribution in [0.1, 0.15) is 41.0 Å². The van der Waals surface area contributed by atoms with Gasteiger partial charge in [0.15, 0.2) is 5.60 Å². The summed E-state index contributed by atoms with van der Waals surface area (Å²) in [6.45, 7) is 0. The lowest BCUT2D eigenvalue weighted by atomic mass is 9.71. The summed E-state index contributed by atoms with van der Waals surface area (Å²) in [7, 11) is 6.47. The first-order valence-corrected chi connectivity index (χ1v) is 11.8. The molecular formula is C29H29FN2O5. The van der Waals surface area contributed by atoms with Crippen LogP contribution in [0.5, 0.6) is 17.2 Å². The Morgan fingerprint density at radius 1 is 1.14 bits per heavy atom. The van der Waals surface area contributed by atoms with Crippen molar-refractivity contribution in [3.63, 3.8) is 0 Å². The molecule has 1 fully saturated rings. The topological polar surface area (TPSA) is 92.0 Å². The van der Waals surface area contributed by atoms with E-state index >= 15 is 0 Å². The summed E-state index contributed by atoms with van der Waals surface area (Å²) in [5.41, 5.74) is -0.137. The number of aliphatic hydroxyl groups is 1. The fourth-order valence-electron chi connectivity index (χ4n) is 5.42. The average molecular weight is 505 g/mol. The minimum atomic E-state index is -1.43. The molecule has 7 nitrogen and oxygen atoms in total. The van der Waals surface area contributed by atoms with Gasteiger partial charge in [-0.3, -0.25) is 4.79 Å². The number of amides is 1. The molecule has 3 atom stereocenters. The number of nitrogens with zero attached hydrogens (tertiary/aromatic N) is 2. The zero-order valence-electron chi connectivity index (χ0n) is 21.2. The van der Waals surface area contributed by atoms with Gasteiger partial charge in [-0.15, -0.1) is 0 Å². The van der Waals surface area contributed by atoms with Gasteiger partial charge < -0.3 is 24.2 Å². The largest absolute Gasteiger partial charge is 0.496 e. The van der Waals surface area contributed by atoms with Crippen molar-refractivity contribution in [2.75, 3.05) is 28.3 Å². The summed E-state index contributed by atoms with van der Waals surface area (Å²) >= 11 is 0. The van der Waals surface area contributed by atoms with Gasteiger partial charge >= 0.3 is 0 Å². The Bertz CT molecular complexity index is 1340. The highest BCUT2D eigenvalue weighted by atomic mass is 19.1. The predicted octanol–water partition coefficient (Wildman–Crippen LogP) is 4.47. The second-order valence-corrected chi connectivity index (χ2v) is 9.31. The third-order valence-corrected chi connectivity index (χ3v) is 6.98. The summed E-state index contributed by atoms with van der Waals surface area (Å²) in [6.07, 6.45) is 1.72.